The highest BCUT2D eigenvalue weighted by Crippen LogP contribution is 2.44. The van der Waals surface area contributed by atoms with Crippen LogP contribution in [0.5, 0.6) is 0 Å². The largest absolute Gasteiger partial charge is 0.274 e. The van der Waals surface area contributed by atoms with Gasteiger partial charge in [0.2, 0.25) is 11.8 Å². The molecule has 2 heterocycles. The molecule has 0 fully saturated rings. The van der Waals surface area contributed by atoms with Crippen LogP contribution >= 0.6 is 23.4 Å². The van der Waals surface area contributed by atoms with Gasteiger partial charge in [-0.05, 0) is 24.3 Å². The summed E-state index contributed by atoms with van der Waals surface area (Å²) in [6.07, 6.45) is 0. The molecule has 1 aliphatic heterocycles. The molecule has 0 bridgehead atoms. The molecular weight excluding hydrogens is 408 g/mol. The van der Waals surface area contributed by atoms with E-state index in [-0.39, 0.29) is 11.8 Å². The highest BCUT2D eigenvalue weighted by molar-refractivity contribution is 8.14. The van der Waals surface area contributed by atoms with Crippen LogP contribution in [-0.4, -0.2) is 27.0 Å². The van der Waals surface area contributed by atoms with Crippen molar-refractivity contribution in [1.82, 2.24) is 9.99 Å². The van der Waals surface area contributed by atoms with Crippen LogP contribution in [0.4, 0.5) is 5.69 Å². The molecule has 1 aromatic heterocycles. The Kier molecular flexibility index (Phi) is 5.25. The Hall–Kier alpha value is -2.90. The van der Waals surface area contributed by atoms with E-state index in [4.69, 9.17) is 11.6 Å². The van der Waals surface area contributed by atoms with E-state index >= 15 is 0 Å². The van der Waals surface area contributed by atoms with E-state index in [0.29, 0.717) is 21.6 Å². The smallest absolute Gasteiger partial charge is 0.241 e. The van der Waals surface area contributed by atoms with Gasteiger partial charge in [-0.15, -0.1) is 5.10 Å². The molecule has 3 aromatic rings. The maximum atomic E-state index is 12.4. The molecule has 0 saturated carbocycles. The minimum Gasteiger partial charge on any atom is -0.274 e. The molecule has 0 aliphatic carbocycles. The number of anilines is 1. The topological polar surface area (TPSA) is 65.9 Å². The predicted molar refractivity (Wildman–Crippen MR) is 117 cm³/mol. The Morgan fingerprint density at radius 3 is 2.45 bits per heavy atom. The molecule has 8 heteroatoms. The number of hydrogen-bond donors (Lipinski definition) is 0. The number of carbonyl (C=O) groups is 2. The van der Waals surface area contributed by atoms with Crippen LogP contribution in [0.2, 0.25) is 5.15 Å². The number of amidine groups is 1. The van der Waals surface area contributed by atoms with Gasteiger partial charge < -0.3 is 0 Å². The third-order valence-electron chi connectivity index (χ3n) is 4.45. The van der Waals surface area contributed by atoms with Gasteiger partial charge in [-0.25, -0.2) is 9.99 Å². The number of thioether (sulfide) groups is 1. The summed E-state index contributed by atoms with van der Waals surface area (Å²) in [5.41, 5.74) is 2.12. The fourth-order valence-corrected chi connectivity index (χ4v) is 4.72. The molecule has 2 aromatic carbocycles. The Labute approximate surface area is 177 Å². The fourth-order valence-electron chi connectivity index (χ4n) is 3.13. The molecule has 6 nitrogen and oxygen atoms in total. The maximum Gasteiger partial charge on any atom is 0.241 e. The Morgan fingerprint density at radius 1 is 1.07 bits per heavy atom. The minimum absolute atomic E-state index is 0.200. The molecule has 1 unspecified atom stereocenters. The molecule has 0 radical (unpaired) electrons. The van der Waals surface area contributed by atoms with E-state index in [2.05, 4.69) is 10.1 Å². The van der Waals surface area contributed by atoms with E-state index in [1.807, 2.05) is 60.7 Å². The number of halogens is 1. The average Bonchev–Trinajstić information content (AvgIpc) is 3.13. The number of para-hydroxylation sites is 2. The summed E-state index contributed by atoms with van der Waals surface area (Å²) in [5.74, 6) is -0.451. The molecule has 0 N–H and O–H groups in total. The van der Waals surface area contributed by atoms with Gasteiger partial charge in [0.25, 0.3) is 0 Å². The molecule has 29 heavy (non-hydrogen) atoms. The Bertz CT molecular complexity index is 1140. The lowest BCUT2D eigenvalue weighted by Crippen LogP contribution is -2.32. The first-order valence-corrected chi connectivity index (χ1v) is 10.2. The van der Waals surface area contributed by atoms with Gasteiger partial charge >= 0.3 is 0 Å². The fraction of sp³-hybridized carbons (Fsp3) is 0.143. The highest BCUT2D eigenvalue weighted by atomic mass is 35.5. The van der Waals surface area contributed by atoms with Gasteiger partial charge in [-0.3, -0.25) is 14.5 Å². The number of hydrazone groups is 1. The second-order valence-electron chi connectivity index (χ2n) is 6.47. The van der Waals surface area contributed by atoms with E-state index in [0.717, 1.165) is 10.9 Å². The third-order valence-corrected chi connectivity index (χ3v) is 5.90. The summed E-state index contributed by atoms with van der Waals surface area (Å²) >= 11 is 7.76. The van der Waals surface area contributed by atoms with Gasteiger partial charge in [0, 0.05) is 24.8 Å². The molecular formula is C21H17ClN4O2S. The SMILES string of the molecule is CC(=O)N(C1=NN(C(C)=O)C(c2cc3ccccc3nc2Cl)S1)c1ccccc1. The van der Waals surface area contributed by atoms with Crippen molar-refractivity contribution in [2.24, 2.45) is 5.10 Å². The van der Waals surface area contributed by atoms with Crippen LogP contribution in [0.1, 0.15) is 24.8 Å². The van der Waals surface area contributed by atoms with Gasteiger partial charge in [0.15, 0.2) is 5.17 Å². The number of aromatic nitrogens is 1. The van der Waals surface area contributed by atoms with E-state index in [9.17, 15) is 9.59 Å². The first-order valence-electron chi connectivity index (χ1n) is 8.91. The van der Waals surface area contributed by atoms with Gasteiger partial charge in [-0.2, -0.15) is 0 Å². The summed E-state index contributed by atoms with van der Waals surface area (Å²) < 4.78 is 0. The van der Waals surface area contributed by atoms with Crippen LogP contribution in [0.25, 0.3) is 10.9 Å². The molecule has 0 spiro atoms. The van der Waals surface area contributed by atoms with Crippen molar-refractivity contribution in [2.75, 3.05) is 4.90 Å². The maximum absolute atomic E-state index is 12.4. The second kappa shape index (κ2) is 7.85. The standard InChI is InChI=1S/C21H17ClN4O2S/c1-13(27)25(16-9-4-3-5-10-16)21-24-26(14(2)28)20(29-21)17-12-15-8-6-7-11-18(15)23-19(17)22/h3-12,20H,1-2H3. The lowest BCUT2D eigenvalue weighted by Gasteiger charge is -2.21. The van der Waals surface area contributed by atoms with Crippen LogP contribution in [0, 0.1) is 0 Å². The molecule has 1 atom stereocenters. The average molecular weight is 425 g/mol. The van der Waals surface area contributed by atoms with Gasteiger partial charge in [0.05, 0.1) is 11.2 Å². The van der Waals surface area contributed by atoms with Crippen LogP contribution in [-0.2, 0) is 9.59 Å². The normalized spacial score (nSPS) is 16.0. The number of hydrogen-bond acceptors (Lipinski definition) is 5. The zero-order chi connectivity index (χ0) is 20.5. The molecule has 146 valence electrons. The number of nitrogens with zero attached hydrogens (tertiary/aromatic N) is 4. The Balaban J connectivity index is 1.76. The van der Waals surface area contributed by atoms with Gasteiger partial charge in [-0.1, -0.05) is 59.8 Å². The molecule has 2 amide bonds. The van der Waals surface area contributed by atoms with Crippen LogP contribution in [0.15, 0.2) is 65.8 Å². The van der Waals surface area contributed by atoms with E-state index in [1.54, 1.807) is 0 Å². The van der Waals surface area contributed by atoms with Crippen LogP contribution < -0.4 is 4.90 Å². The molecule has 4 rings (SSSR count). The second-order valence-corrected chi connectivity index (χ2v) is 7.87. The zero-order valence-corrected chi connectivity index (χ0v) is 17.3. The minimum atomic E-state index is -0.516. The first kappa shape index (κ1) is 19.4. The Morgan fingerprint density at radius 2 is 1.76 bits per heavy atom. The number of benzene rings is 2. The van der Waals surface area contributed by atoms with Crippen molar-refractivity contribution in [3.8, 4) is 0 Å². The summed E-state index contributed by atoms with van der Waals surface area (Å²) in [6.45, 7) is 2.90. The van der Waals surface area contributed by atoms with Crippen molar-refractivity contribution >= 4 is 56.9 Å². The van der Waals surface area contributed by atoms with E-state index < -0.39 is 5.37 Å². The summed E-state index contributed by atoms with van der Waals surface area (Å²) in [7, 11) is 0. The molecule has 0 saturated heterocycles. The third kappa shape index (κ3) is 3.71. The van der Waals surface area contributed by atoms with Crippen molar-refractivity contribution in [1.29, 1.82) is 0 Å². The molecule has 1 aliphatic rings. The predicted octanol–water partition coefficient (Wildman–Crippen LogP) is 4.81. The number of fused-ring (bicyclic) bond motifs is 1. The summed E-state index contributed by atoms with van der Waals surface area (Å²) in [4.78, 5) is 30.6. The monoisotopic (exact) mass is 424 g/mol. The quantitative estimate of drug-likeness (QED) is 0.554. The lowest BCUT2D eigenvalue weighted by atomic mass is 10.1. The number of amides is 2. The van der Waals surface area contributed by atoms with Crippen molar-refractivity contribution in [3.63, 3.8) is 0 Å². The zero-order valence-electron chi connectivity index (χ0n) is 15.7. The summed E-state index contributed by atoms with van der Waals surface area (Å²) in [6, 6.07) is 18.7. The van der Waals surface area contributed by atoms with Crippen molar-refractivity contribution < 1.29 is 9.59 Å². The van der Waals surface area contributed by atoms with E-state index in [1.165, 1.54) is 35.5 Å². The highest BCUT2D eigenvalue weighted by Gasteiger charge is 2.37. The van der Waals surface area contributed by atoms with Crippen molar-refractivity contribution in [2.45, 2.75) is 19.2 Å². The number of pyridine rings is 1. The summed E-state index contributed by atoms with van der Waals surface area (Å²) in [5, 5.41) is 6.90. The first-order chi connectivity index (χ1) is 14.0. The number of carbonyl (C=O) groups excluding carboxylic acids is 2. The lowest BCUT2D eigenvalue weighted by molar-refractivity contribution is -0.129. The van der Waals surface area contributed by atoms with Crippen molar-refractivity contribution in [3.05, 3.63) is 71.4 Å². The van der Waals surface area contributed by atoms with Gasteiger partial charge in [0.1, 0.15) is 10.5 Å². The number of rotatable bonds is 2. The van der Waals surface area contributed by atoms with Crippen LogP contribution in [0.3, 0.4) is 0 Å².